The Kier molecular flexibility index (Phi) is 61.0. The number of ether oxygens (including phenoxy) is 1. The lowest BCUT2D eigenvalue weighted by Crippen LogP contribution is -2.45. The summed E-state index contributed by atoms with van der Waals surface area (Å²) in [5, 5.41) is 23.4. The predicted molar refractivity (Wildman–Crippen MR) is 319 cm³/mol. The molecule has 0 aromatic heterocycles. The molecule has 0 aromatic carbocycles. The molecule has 0 aromatic rings. The van der Waals surface area contributed by atoms with E-state index < -0.39 is 12.1 Å². The van der Waals surface area contributed by atoms with Crippen LogP contribution in [-0.2, 0) is 14.3 Å². The Morgan fingerprint density at radius 2 is 0.712 bits per heavy atom. The normalized spacial score (nSPS) is 12.8. The molecule has 0 rings (SSSR count). The van der Waals surface area contributed by atoms with E-state index in [0.717, 1.165) is 51.4 Å². The zero-order chi connectivity index (χ0) is 52.9. The van der Waals surface area contributed by atoms with Crippen LogP contribution in [0.1, 0.15) is 354 Å². The smallest absolute Gasteiger partial charge is 0.305 e. The molecule has 6 heteroatoms. The minimum Gasteiger partial charge on any atom is -0.466 e. The SMILES string of the molecule is CCC/C=C\C/C=C\CCCCCCCC(=O)OCCCCCCCCCCCCC/C=C\CCCCCCCCCC(=O)NC(CO)C(O)CCCCCCCCCCCCCCCCCCCCCCC. The Labute approximate surface area is 455 Å². The van der Waals surface area contributed by atoms with Crippen molar-refractivity contribution in [1.29, 1.82) is 0 Å². The lowest BCUT2D eigenvalue weighted by molar-refractivity contribution is -0.143. The number of aliphatic hydroxyl groups is 2. The van der Waals surface area contributed by atoms with Crippen LogP contribution in [-0.4, -0.2) is 47.4 Å². The van der Waals surface area contributed by atoms with Crippen LogP contribution in [0.3, 0.4) is 0 Å². The fraction of sp³-hybridized carbons (Fsp3) is 0.881. The van der Waals surface area contributed by atoms with E-state index in [2.05, 4.69) is 55.6 Å². The highest BCUT2D eigenvalue weighted by atomic mass is 16.5. The summed E-state index contributed by atoms with van der Waals surface area (Å²) < 4.78 is 5.47. The van der Waals surface area contributed by atoms with Gasteiger partial charge in [0.2, 0.25) is 5.91 Å². The number of nitrogens with one attached hydrogen (secondary N) is 1. The number of hydrogen-bond donors (Lipinski definition) is 3. The van der Waals surface area contributed by atoms with Gasteiger partial charge in [-0.3, -0.25) is 9.59 Å². The molecule has 0 saturated carbocycles. The molecule has 0 radical (unpaired) electrons. The summed E-state index contributed by atoms with van der Waals surface area (Å²) in [5.41, 5.74) is 0. The summed E-state index contributed by atoms with van der Waals surface area (Å²) in [6.45, 7) is 4.90. The first kappa shape index (κ1) is 71.1. The second-order valence-corrected chi connectivity index (χ2v) is 22.4. The van der Waals surface area contributed by atoms with E-state index in [1.165, 1.54) is 270 Å². The molecule has 0 aliphatic carbocycles. The highest BCUT2D eigenvalue weighted by Crippen LogP contribution is 2.18. The quantitative estimate of drug-likeness (QED) is 0.0320. The number of carbonyl (C=O) groups excluding carboxylic acids is 2. The van der Waals surface area contributed by atoms with Crippen molar-refractivity contribution in [1.82, 2.24) is 5.32 Å². The average molecular weight is 1030 g/mol. The van der Waals surface area contributed by atoms with Gasteiger partial charge < -0.3 is 20.3 Å². The van der Waals surface area contributed by atoms with Gasteiger partial charge >= 0.3 is 5.97 Å². The fourth-order valence-corrected chi connectivity index (χ4v) is 10.1. The first-order valence-corrected chi connectivity index (χ1v) is 32.7. The summed E-state index contributed by atoms with van der Waals surface area (Å²) in [4.78, 5) is 24.6. The van der Waals surface area contributed by atoms with Gasteiger partial charge in [-0.15, -0.1) is 0 Å². The van der Waals surface area contributed by atoms with Crippen LogP contribution < -0.4 is 5.32 Å². The topological polar surface area (TPSA) is 95.9 Å². The van der Waals surface area contributed by atoms with Gasteiger partial charge in [-0.1, -0.05) is 301 Å². The van der Waals surface area contributed by atoms with E-state index >= 15 is 0 Å². The Morgan fingerprint density at radius 1 is 0.384 bits per heavy atom. The van der Waals surface area contributed by atoms with Gasteiger partial charge in [-0.05, 0) is 77.0 Å². The van der Waals surface area contributed by atoms with E-state index in [9.17, 15) is 19.8 Å². The third-order valence-electron chi connectivity index (χ3n) is 15.1. The van der Waals surface area contributed by atoms with Crippen molar-refractivity contribution in [2.24, 2.45) is 0 Å². The van der Waals surface area contributed by atoms with Gasteiger partial charge in [0.25, 0.3) is 0 Å². The zero-order valence-electron chi connectivity index (χ0n) is 49.1. The number of aliphatic hydroxyl groups excluding tert-OH is 2. The maximum atomic E-state index is 12.5. The maximum Gasteiger partial charge on any atom is 0.305 e. The van der Waals surface area contributed by atoms with Crippen LogP contribution in [0.15, 0.2) is 36.5 Å². The minimum absolute atomic E-state index is 0.00508. The molecule has 430 valence electrons. The molecular weight excluding hydrogens is 899 g/mol. The van der Waals surface area contributed by atoms with Crippen molar-refractivity contribution in [2.45, 2.75) is 366 Å². The molecule has 6 nitrogen and oxygen atoms in total. The number of unbranched alkanes of at least 4 members (excludes halogenated alkanes) is 44. The molecule has 0 bridgehead atoms. The summed E-state index contributed by atoms with van der Waals surface area (Å²) in [6, 6.07) is -0.548. The van der Waals surface area contributed by atoms with Gasteiger partial charge in [0.05, 0.1) is 25.4 Å². The van der Waals surface area contributed by atoms with Gasteiger partial charge in [0.15, 0.2) is 0 Å². The number of allylic oxidation sites excluding steroid dienone is 6. The average Bonchev–Trinajstić information content (AvgIpc) is 3.39. The third-order valence-corrected chi connectivity index (χ3v) is 15.1. The van der Waals surface area contributed by atoms with Gasteiger partial charge in [-0.2, -0.15) is 0 Å². The van der Waals surface area contributed by atoms with Crippen molar-refractivity contribution in [3.63, 3.8) is 0 Å². The van der Waals surface area contributed by atoms with E-state index in [0.29, 0.717) is 25.9 Å². The first-order chi connectivity index (χ1) is 36.0. The number of esters is 1. The van der Waals surface area contributed by atoms with E-state index in [1.54, 1.807) is 0 Å². The molecule has 0 aliphatic heterocycles. The molecular formula is C67H127NO5. The number of rotatable bonds is 61. The molecule has 73 heavy (non-hydrogen) atoms. The highest BCUT2D eigenvalue weighted by molar-refractivity contribution is 5.76. The highest BCUT2D eigenvalue weighted by Gasteiger charge is 2.20. The maximum absolute atomic E-state index is 12.5. The van der Waals surface area contributed by atoms with E-state index in [4.69, 9.17) is 4.74 Å². The van der Waals surface area contributed by atoms with Gasteiger partial charge in [0.1, 0.15) is 0 Å². The molecule has 1 amide bonds. The van der Waals surface area contributed by atoms with E-state index in [1.807, 2.05) is 0 Å². The van der Waals surface area contributed by atoms with Crippen LogP contribution in [0, 0.1) is 0 Å². The van der Waals surface area contributed by atoms with Crippen LogP contribution in [0.2, 0.25) is 0 Å². The standard InChI is InChI=1S/C67H127NO5/c1-3-5-7-9-11-13-15-17-18-19-20-23-26-29-32-36-39-43-47-51-55-59-65(70)64(63-69)68-66(71)60-56-52-48-44-40-37-33-30-27-24-21-22-25-28-31-34-38-42-46-50-54-58-62-73-67(72)61-57-53-49-45-41-35-16-14-12-10-8-6-4-2/h8,10,14,16,24,27,64-65,69-70H,3-7,9,11-13,15,17-23,25-26,28-63H2,1-2H3,(H,68,71)/b10-8-,16-14-,27-24-. The third kappa shape index (κ3) is 59.2. The van der Waals surface area contributed by atoms with E-state index in [-0.39, 0.29) is 18.5 Å². The second kappa shape index (κ2) is 62.6. The van der Waals surface area contributed by atoms with Crippen LogP contribution >= 0.6 is 0 Å². The number of amides is 1. The Morgan fingerprint density at radius 3 is 1.11 bits per heavy atom. The minimum atomic E-state index is -0.670. The predicted octanol–water partition coefficient (Wildman–Crippen LogP) is 20.8. The van der Waals surface area contributed by atoms with Gasteiger partial charge in [0, 0.05) is 12.8 Å². The van der Waals surface area contributed by atoms with Crippen LogP contribution in [0.5, 0.6) is 0 Å². The van der Waals surface area contributed by atoms with Crippen molar-refractivity contribution in [3.8, 4) is 0 Å². The Bertz CT molecular complexity index is 1180. The molecule has 3 N–H and O–H groups in total. The second-order valence-electron chi connectivity index (χ2n) is 22.4. The monoisotopic (exact) mass is 1030 g/mol. The molecule has 2 unspecified atom stereocenters. The largest absolute Gasteiger partial charge is 0.466 e. The summed E-state index contributed by atoms with van der Waals surface area (Å²) in [7, 11) is 0. The molecule has 2 atom stereocenters. The summed E-state index contributed by atoms with van der Waals surface area (Å²) in [6.07, 6.45) is 78.8. The lowest BCUT2D eigenvalue weighted by Gasteiger charge is -2.22. The molecule has 0 heterocycles. The van der Waals surface area contributed by atoms with Crippen molar-refractivity contribution >= 4 is 11.9 Å². The van der Waals surface area contributed by atoms with Crippen LogP contribution in [0.4, 0.5) is 0 Å². The van der Waals surface area contributed by atoms with Crippen LogP contribution in [0.25, 0.3) is 0 Å². The molecule has 0 spiro atoms. The first-order valence-electron chi connectivity index (χ1n) is 32.7. The Balaban J connectivity index is 3.43. The molecule has 0 saturated heterocycles. The molecule has 0 fully saturated rings. The number of carbonyl (C=O) groups is 2. The van der Waals surface area contributed by atoms with Crippen molar-refractivity contribution < 1.29 is 24.5 Å². The zero-order valence-corrected chi connectivity index (χ0v) is 49.1. The fourth-order valence-electron chi connectivity index (χ4n) is 10.1. The molecule has 0 aliphatic rings. The lowest BCUT2D eigenvalue weighted by atomic mass is 10.0. The summed E-state index contributed by atoms with van der Waals surface area (Å²) >= 11 is 0. The van der Waals surface area contributed by atoms with Crippen molar-refractivity contribution in [2.75, 3.05) is 13.2 Å². The van der Waals surface area contributed by atoms with Gasteiger partial charge in [-0.25, -0.2) is 0 Å². The van der Waals surface area contributed by atoms with Crippen molar-refractivity contribution in [3.05, 3.63) is 36.5 Å². The summed E-state index contributed by atoms with van der Waals surface area (Å²) in [5.74, 6) is -0.0441. The Hall–Kier alpha value is -1.92. The number of hydrogen-bond acceptors (Lipinski definition) is 5.